The highest BCUT2D eigenvalue weighted by atomic mass is 32.2. The highest BCUT2D eigenvalue weighted by Gasteiger charge is 2.86. The van der Waals surface area contributed by atoms with E-state index in [0.29, 0.717) is 0 Å². The van der Waals surface area contributed by atoms with Gasteiger partial charge >= 0.3 is 33.4 Å². The van der Waals surface area contributed by atoms with Gasteiger partial charge in [0, 0.05) is 6.42 Å². The Hall–Kier alpha value is -1.26. The molecule has 32 heavy (non-hydrogen) atoms. The van der Waals surface area contributed by atoms with Crippen molar-refractivity contribution in [3.63, 3.8) is 0 Å². The Balaban J connectivity index is 1.95. The van der Waals surface area contributed by atoms with Crippen molar-refractivity contribution in [3.05, 3.63) is 11.8 Å². The molecule has 16 heteroatoms. The molecule has 0 aromatic rings. The first-order valence-electron chi connectivity index (χ1n) is 8.84. The number of ether oxygens (including phenoxy) is 3. The van der Waals surface area contributed by atoms with Gasteiger partial charge < -0.3 is 18.4 Å². The van der Waals surface area contributed by atoms with Gasteiger partial charge in [-0.15, -0.1) is 0 Å². The second-order valence-electron chi connectivity index (χ2n) is 8.56. The number of halogens is 9. The number of hydrogen-bond acceptors (Lipinski definition) is 6. The fourth-order valence-corrected chi connectivity index (χ4v) is 4.91. The van der Waals surface area contributed by atoms with Crippen LogP contribution in [0.4, 0.5) is 39.5 Å². The Morgan fingerprint density at radius 1 is 0.906 bits per heavy atom. The van der Waals surface area contributed by atoms with Gasteiger partial charge in [0.1, 0.15) is 29.2 Å². The van der Waals surface area contributed by atoms with E-state index in [2.05, 4.69) is 4.18 Å². The van der Waals surface area contributed by atoms with E-state index in [1.807, 2.05) is 0 Å². The van der Waals surface area contributed by atoms with Crippen molar-refractivity contribution in [3.8, 4) is 0 Å². The molecule has 0 N–H and O–H groups in total. The molecule has 0 aliphatic carbocycles. The van der Waals surface area contributed by atoms with E-state index in [9.17, 15) is 47.9 Å². The lowest BCUT2D eigenvalue weighted by atomic mass is 9.93. The Kier molecular flexibility index (Phi) is 5.11. The zero-order chi connectivity index (χ0) is 25.0. The van der Waals surface area contributed by atoms with E-state index < -0.39 is 74.8 Å². The number of rotatable bonds is 5. The summed E-state index contributed by atoms with van der Waals surface area (Å²) >= 11 is 0. The van der Waals surface area contributed by atoms with Crippen LogP contribution in [0.5, 0.6) is 0 Å². The lowest BCUT2D eigenvalue weighted by Gasteiger charge is -2.38. The monoisotopic (exact) mass is 508 g/mol. The molecule has 0 aromatic heterocycles. The molecule has 0 saturated carbocycles. The smallest absolute Gasteiger partial charge is 0.383 e. The first kappa shape index (κ1) is 25.4. The van der Waals surface area contributed by atoms with Crippen LogP contribution < -0.4 is 0 Å². The summed E-state index contributed by atoms with van der Waals surface area (Å²) in [4.78, 5) is 0. The van der Waals surface area contributed by atoms with Crippen molar-refractivity contribution >= 4 is 10.1 Å². The van der Waals surface area contributed by atoms with Gasteiger partial charge in [0.05, 0.1) is 0 Å². The molecule has 2 bridgehead atoms. The second kappa shape index (κ2) is 6.44. The molecule has 4 atom stereocenters. The van der Waals surface area contributed by atoms with E-state index in [4.69, 9.17) is 14.2 Å². The summed E-state index contributed by atoms with van der Waals surface area (Å²) in [5.74, 6) is -16.8. The Morgan fingerprint density at radius 2 is 1.41 bits per heavy atom. The summed E-state index contributed by atoms with van der Waals surface area (Å²) in [5, 5.41) is -6.95. The maximum atomic E-state index is 13.9. The minimum Gasteiger partial charge on any atom is -0.383 e. The van der Waals surface area contributed by atoms with Crippen LogP contribution in [0.15, 0.2) is 11.8 Å². The predicted molar refractivity (Wildman–Crippen MR) is 85.3 cm³/mol. The van der Waals surface area contributed by atoms with Crippen LogP contribution in [0, 0.1) is 0 Å². The van der Waals surface area contributed by atoms with Crippen LogP contribution in [0.1, 0.15) is 34.1 Å². The third kappa shape index (κ3) is 3.31. The number of fused-ring (bicyclic) bond motifs is 5. The normalized spacial score (nSPS) is 35.5. The fraction of sp³-hybridized carbons (Fsp3) is 0.875. The van der Waals surface area contributed by atoms with E-state index in [-0.39, 0.29) is 0 Å². The SMILES string of the molecule is CC1(C)OC2C(O1)C1(C)CC(OS(=O)(=O)C(F)(F)C(F)(F)C(F)(F)C(F)(F)F)=CC2(C)O1. The Bertz CT molecular complexity index is 944. The maximum absolute atomic E-state index is 13.9. The quantitative estimate of drug-likeness (QED) is 0.411. The topological polar surface area (TPSA) is 71.1 Å². The standard InChI is InChI=1S/C16H17F9O6S/c1-10(2)28-8-9(29-10)12(4)6-7(5-11(8,3)31-12)30-32(26,27)16(24,25)14(19,20)13(17,18)15(21,22)23/h5,8-9H,6H2,1-4H3. The summed E-state index contributed by atoms with van der Waals surface area (Å²) in [6.07, 6.45) is -8.90. The average Bonchev–Trinajstić information content (AvgIpc) is 2.95. The van der Waals surface area contributed by atoms with Gasteiger partial charge in [0.15, 0.2) is 5.79 Å². The largest absolute Gasteiger partial charge is 0.460 e. The summed E-state index contributed by atoms with van der Waals surface area (Å²) in [5.41, 5.74) is -3.06. The number of hydrogen-bond donors (Lipinski definition) is 0. The Labute approximate surface area is 175 Å². The molecule has 0 amide bonds. The van der Waals surface area contributed by atoms with E-state index in [0.717, 1.165) is 6.08 Å². The molecule has 0 radical (unpaired) electrons. The maximum Gasteiger partial charge on any atom is 0.460 e. The minimum absolute atomic E-state index is 0.681. The van der Waals surface area contributed by atoms with E-state index in [1.165, 1.54) is 13.8 Å². The van der Waals surface area contributed by atoms with Gasteiger partial charge in [-0.05, 0) is 33.8 Å². The molecular formula is C16H17F9O6S. The van der Waals surface area contributed by atoms with Gasteiger partial charge in [0.2, 0.25) is 0 Å². The van der Waals surface area contributed by atoms with Crippen LogP contribution in [-0.2, 0) is 28.5 Å². The Morgan fingerprint density at radius 3 is 1.91 bits per heavy atom. The third-order valence-electron chi connectivity index (χ3n) is 5.34. The summed E-state index contributed by atoms with van der Waals surface area (Å²) < 4.78 is 163. The van der Waals surface area contributed by atoms with Gasteiger partial charge in [-0.25, -0.2) is 0 Å². The molecule has 4 unspecified atom stereocenters. The van der Waals surface area contributed by atoms with Crippen molar-refractivity contribution in [1.82, 2.24) is 0 Å². The summed E-state index contributed by atoms with van der Waals surface area (Å²) in [6.45, 7) is 5.74. The molecule has 2 saturated heterocycles. The van der Waals surface area contributed by atoms with Gasteiger partial charge in [-0.3, -0.25) is 0 Å². The molecule has 0 aromatic carbocycles. The first-order chi connectivity index (χ1) is 13.9. The van der Waals surface area contributed by atoms with Crippen LogP contribution in [0.25, 0.3) is 0 Å². The molecule has 2 fully saturated rings. The number of alkyl halides is 9. The molecule has 3 heterocycles. The molecular weight excluding hydrogens is 491 g/mol. The molecule has 3 aliphatic rings. The van der Waals surface area contributed by atoms with Crippen LogP contribution in [0.2, 0.25) is 0 Å². The average molecular weight is 508 g/mol. The van der Waals surface area contributed by atoms with Crippen molar-refractivity contribution in [2.45, 2.75) is 86.6 Å². The van der Waals surface area contributed by atoms with Gasteiger partial charge in [-0.2, -0.15) is 47.9 Å². The summed E-state index contributed by atoms with van der Waals surface area (Å²) in [7, 11) is -7.05. The highest BCUT2D eigenvalue weighted by molar-refractivity contribution is 7.88. The van der Waals surface area contributed by atoms with E-state index >= 15 is 0 Å². The second-order valence-corrected chi connectivity index (χ2v) is 10.2. The summed E-state index contributed by atoms with van der Waals surface area (Å²) in [6, 6.07) is 0. The lowest BCUT2D eigenvalue weighted by Crippen LogP contribution is -2.63. The fourth-order valence-electron chi connectivity index (χ4n) is 3.97. The molecule has 186 valence electrons. The molecule has 0 spiro atoms. The highest BCUT2D eigenvalue weighted by Crippen LogP contribution is 2.57. The van der Waals surface area contributed by atoms with Crippen molar-refractivity contribution in [2.75, 3.05) is 0 Å². The van der Waals surface area contributed by atoms with Gasteiger partial charge in [0.25, 0.3) is 0 Å². The van der Waals surface area contributed by atoms with Crippen LogP contribution in [0.3, 0.4) is 0 Å². The predicted octanol–water partition coefficient (Wildman–Crippen LogP) is 4.11. The molecule has 3 aliphatic heterocycles. The van der Waals surface area contributed by atoms with Gasteiger partial charge in [-0.1, -0.05) is 0 Å². The minimum atomic E-state index is -7.39. The van der Waals surface area contributed by atoms with E-state index in [1.54, 1.807) is 13.8 Å². The molecule has 3 rings (SSSR count). The lowest BCUT2D eigenvalue weighted by molar-refractivity contribution is -0.382. The zero-order valence-corrected chi connectivity index (χ0v) is 17.5. The van der Waals surface area contributed by atoms with Crippen molar-refractivity contribution < 1.29 is 66.3 Å². The van der Waals surface area contributed by atoms with Crippen molar-refractivity contribution in [1.29, 1.82) is 0 Å². The molecule has 6 nitrogen and oxygen atoms in total. The first-order valence-corrected chi connectivity index (χ1v) is 10.3. The third-order valence-corrected chi connectivity index (χ3v) is 6.65. The van der Waals surface area contributed by atoms with Crippen molar-refractivity contribution in [2.24, 2.45) is 0 Å². The van der Waals surface area contributed by atoms with Crippen LogP contribution >= 0.6 is 0 Å². The zero-order valence-electron chi connectivity index (χ0n) is 16.7. The van der Waals surface area contributed by atoms with Crippen LogP contribution in [-0.4, -0.2) is 60.9 Å².